The van der Waals surface area contributed by atoms with Crippen molar-refractivity contribution in [1.82, 2.24) is 14.6 Å². The van der Waals surface area contributed by atoms with E-state index in [1.807, 2.05) is 27.7 Å². The number of hydrogen-bond donors (Lipinski definition) is 1. The highest BCUT2D eigenvalue weighted by molar-refractivity contribution is 8.00. The van der Waals surface area contributed by atoms with Gasteiger partial charge < -0.3 is 5.32 Å². The first kappa shape index (κ1) is 19.0. The molecule has 0 aliphatic heterocycles. The van der Waals surface area contributed by atoms with Gasteiger partial charge in [-0.1, -0.05) is 52.7 Å². The number of carbonyl (C=O) groups excluding carboxylic acids is 1. The summed E-state index contributed by atoms with van der Waals surface area (Å²) < 4.78 is 1.70. The average Bonchev–Trinajstić information content (AvgIpc) is 2.93. The Kier molecular flexibility index (Phi) is 5.46. The minimum atomic E-state index is -0.375. The number of aromatic nitrogens is 3. The van der Waals surface area contributed by atoms with E-state index in [1.54, 1.807) is 16.7 Å². The van der Waals surface area contributed by atoms with E-state index in [-0.39, 0.29) is 11.2 Å². The molecule has 0 unspecified atom stereocenters. The zero-order valence-corrected chi connectivity index (χ0v) is 17.1. The quantitative estimate of drug-likeness (QED) is 0.611. The van der Waals surface area contributed by atoms with Crippen LogP contribution in [-0.2, 0) is 4.79 Å². The number of rotatable bonds is 4. The van der Waals surface area contributed by atoms with Gasteiger partial charge in [0.25, 0.3) is 0 Å². The molecule has 0 saturated carbocycles. The van der Waals surface area contributed by atoms with Gasteiger partial charge in [-0.2, -0.15) is 0 Å². The number of benzene rings is 1. The van der Waals surface area contributed by atoms with Gasteiger partial charge in [0.15, 0.2) is 10.8 Å². The fourth-order valence-electron chi connectivity index (χ4n) is 2.80. The first-order valence-corrected chi connectivity index (χ1v) is 9.65. The van der Waals surface area contributed by atoms with Crippen LogP contribution in [-0.4, -0.2) is 25.8 Å². The molecule has 0 radical (unpaired) electrons. The maximum absolute atomic E-state index is 12.7. The van der Waals surface area contributed by atoms with Crippen LogP contribution < -0.4 is 5.32 Å². The minimum absolute atomic E-state index is 0.102. The number of halogens is 2. The molecule has 0 spiro atoms. The second-order valence-electron chi connectivity index (χ2n) is 6.21. The van der Waals surface area contributed by atoms with Crippen molar-refractivity contribution in [2.45, 2.75) is 38.1 Å². The summed E-state index contributed by atoms with van der Waals surface area (Å²) in [5, 5.41) is 12.3. The number of hydrogen-bond acceptors (Lipinski definition) is 4. The van der Waals surface area contributed by atoms with E-state index in [4.69, 9.17) is 23.2 Å². The molecular formula is C18H18Cl2N4OS. The summed E-state index contributed by atoms with van der Waals surface area (Å²) in [6.07, 6.45) is 1.68. The van der Waals surface area contributed by atoms with Crippen LogP contribution in [0.15, 0.2) is 29.6 Å². The van der Waals surface area contributed by atoms with Crippen molar-refractivity contribution >= 4 is 52.2 Å². The first-order valence-electron chi connectivity index (χ1n) is 8.01. The van der Waals surface area contributed by atoms with Gasteiger partial charge in [-0.15, -0.1) is 10.2 Å². The molecule has 0 fully saturated rings. The molecule has 1 aromatic carbocycles. The minimum Gasteiger partial charge on any atom is -0.325 e. The molecule has 0 aliphatic rings. The highest BCUT2D eigenvalue weighted by Crippen LogP contribution is 2.29. The third kappa shape index (κ3) is 3.82. The molecule has 2 aromatic heterocycles. The third-order valence-electron chi connectivity index (χ3n) is 3.97. The number of aryl methyl sites for hydroxylation is 3. The van der Waals surface area contributed by atoms with Gasteiger partial charge >= 0.3 is 0 Å². The molecule has 136 valence electrons. The number of carbonyl (C=O) groups is 1. The van der Waals surface area contributed by atoms with Crippen LogP contribution in [0.3, 0.4) is 0 Å². The van der Waals surface area contributed by atoms with E-state index < -0.39 is 0 Å². The van der Waals surface area contributed by atoms with E-state index in [9.17, 15) is 4.79 Å². The van der Waals surface area contributed by atoms with E-state index >= 15 is 0 Å². The van der Waals surface area contributed by atoms with Crippen molar-refractivity contribution < 1.29 is 4.79 Å². The molecule has 0 saturated heterocycles. The van der Waals surface area contributed by atoms with E-state index in [0.29, 0.717) is 20.8 Å². The summed E-state index contributed by atoms with van der Waals surface area (Å²) in [6.45, 7) is 7.84. The standard InChI is InChI=1S/C18H18Cl2N4OS/c1-9-5-10(2)15(11(3)6-9)21-17(25)12(4)26-18-23-22-16-14(20)7-13(19)8-24(16)18/h5-8,12H,1-4H3,(H,21,25)/t12-/m0/s1. The van der Waals surface area contributed by atoms with Crippen molar-refractivity contribution in [3.63, 3.8) is 0 Å². The summed E-state index contributed by atoms with van der Waals surface area (Å²) in [5.74, 6) is -0.102. The number of amides is 1. The molecule has 3 aromatic rings. The lowest BCUT2D eigenvalue weighted by Gasteiger charge is -2.15. The molecule has 1 N–H and O–H groups in total. The van der Waals surface area contributed by atoms with Crippen LogP contribution >= 0.6 is 35.0 Å². The summed E-state index contributed by atoms with van der Waals surface area (Å²) in [7, 11) is 0. The van der Waals surface area contributed by atoms with Gasteiger partial charge in [0.1, 0.15) is 0 Å². The van der Waals surface area contributed by atoms with Gasteiger partial charge in [-0.25, -0.2) is 0 Å². The van der Waals surface area contributed by atoms with E-state index in [1.165, 1.54) is 17.3 Å². The maximum atomic E-state index is 12.7. The molecule has 1 amide bonds. The average molecular weight is 409 g/mol. The molecule has 3 rings (SSSR count). The lowest BCUT2D eigenvalue weighted by atomic mass is 10.1. The fraction of sp³-hybridized carbons (Fsp3) is 0.278. The summed E-state index contributed by atoms with van der Waals surface area (Å²) in [5.41, 5.74) is 4.62. The number of nitrogens with zero attached hydrogens (tertiary/aromatic N) is 3. The molecule has 8 heteroatoms. The summed E-state index contributed by atoms with van der Waals surface area (Å²) in [6, 6.07) is 5.72. The molecular weight excluding hydrogens is 391 g/mol. The Hall–Kier alpha value is -1.76. The molecule has 2 heterocycles. The van der Waals surface area contributed by atoms with Crippen LogP contribution in [0.5, 0.6) is 0 Å². The largest absolute Gasteiger partial charge is 0.325 e. The van der Waals surface area contributed by atoms with Gasteiger partial charge in [0.2, 0.25) is 5.91 Å². The van der Waals surface area contributed by atoms with Gasteiger partial charge in [0.05, 0.1) is 15.3 Å². The van der Waals surface area contributed by atoms with Crippen LogP contribution in [0.25, 0.3) is 5.65 Å². The number of nitrogens with one attached hydrogen (secondary N) is 1. The van der Waals surface area contributed by atoms with Crippen molar-refractivity contribution in [1.29, 1.82) is 0 Å². The monoisotopic (exact) mass is 408 g/mol. The molecule has 1 atom stereocenters. The van der Waals surface area contributed by atoms with Gasteiger partial charge in [-0.3, -0.25) is 9.20 Å². The Balaban J connectivity index is 1.80. The van der Waals surface area contributed by atoms with Crippen LogP contribution in [0.2, 0.25) is 10.0 Å². The molecule has 0 bridgehead atoms. The smallest absolute Gasteiger partial charge is 0.237 e. The van der Waals surface area contributed by atoms with Gasteiger partial charge in [0, 0.05) is 11.9 Å². The molecule has 26 heavy (non-hydrogen) atoms. The van der Waals surface area contributed by atoms with Crippen LogP contribution in [0, 0.1) is 20.8 Å². The Morgan fingerprint density at radius 3 is 2.46 bits per heavy atom. The Labute approximate surface area is 166 Å². The Morgan fingerprint density at radius 1 is 1.15 bits per heavy atom. The topological polar surface area (TPSA) is 59.3 Å². The third-order valence-corrected chi connectivity index (χ3v) is 5.51. The van der Waals surface area contributed by atoms with Crippen molar-refractivity contribution in [2.24, 2.45) is 0 Å². The Bertz CT molecular complexity index is 979. The second-order valence-corrected chi connectivity index (χ2v) is 8.36. The van der Waals surface area contributed by atoms with Crippen LogP contribution in [0.1, 0.15) is 23.6 Å². The lowest BCUT2D eigenvalue weighted by molar-refractivity contribution is -0.115. The Morgan fingerprint density at radius 2 is 1.81 bits per heavy atom. The lowest BCUT2D eigenvalue weighted by Crippen LogP contribution is -2.23. The van der Waals surface area contributed by atoms with Crippen molar-refractivity contribution in [3.05, 3.63) is 51.1 Å². The highest BCUT2D eigenvalue weighted by Gasteiger charge is 2.20. The number of pyridine rings is 1. The van der Waals surface area contributed by atoms with Crippen molar-refractivity contribution in [3.8, 4) is 0 Å². The van der Waals surface area contributed by atoms with Gasteiger partial charge in [-0.05, 0) is 44.9 Å². The normalized spacial score (nSPS) is 12.4. The summed E-state index contributed by atoms with van der Waals surface area (Å²) in [4.78, 5) is 12.7. The molecule has 5 nitrogen and oxygen atoms in total. The summed E-state index contributed by atoms with van der Waals surface area (Å²) >= 11 is 13.5. The zero-order valence-electron chi connectivity index (χ0n) is 14.8. The predicted molar refractivity (Wildman–Crippen MR) is 108 cm³/mol. The van der Waals surface area contributed by atoms with E-state index in [2.05, 4.69) is 27.6 Å². The SMILES string of the molecule is Cc1cc(C)c(NC(=O)[C@H](C)Sc2nnc3c(Cl)cc(Cl)cn23)c(C)c1. The fourth-order valence-corrected chi connectivity index (χ4v) is 4.13. The molecule has 0 aliphatic carbocycles. The first-order chi connectivity index (χ1) is 12.3. The number of thioether (sulfide) groups is 1. The number of fused-ring (bicyclic) bond motifs is 1. The van der Waals surface area contributed by atoms with Crippen LogP contribution in [0.4, 0.5) is 5.69 Å². The highest BCUT2D eigenvalue weighted by atomic mass is 35.5. The number of anilines is 1. The van der Waals surface area contributed by atoms with Crippen molar-refractivity contribution in [2.75, 3.05) is 5.32 Å². The second kappa shape index (κ2) is 7.47. The van der Waals surface area contributed by atoms with E-state index in [0.717, 1.165) is 16.8 Å². The maximum Gasteiger partial charge on any atom is 0.237 e. The predicted octanol–water partition coefficient (Wildman–Crippen LogP) is 5.08. The zero-order chi connectivity index (χ0) is 19.0.